The van der Waals surface area contributed by atoms with E-state index in [1.807, 2.05) is 60.8 Å². The summed E-state index contributed by atoms with van der Waals surface area (Å²) in [5, 5.41) is 5.82. The number of nitrogens with one attached hydrogen (secondary N) is 3. The van der Waals surface area contributed by atoms with E-state index >= 15 is 0 Å². The maximum atomic E-state index is 12.8. The first-order valence-corrected chi connectivity index (χ1v) is 11.2. The van der Waals surface area contributed by atoms with E-state index in [1.54, 1.807) is 6.07 Å². The lowest BCUT2D eigenvalue weighted by Crippen LogP contribution is -2.43. The monoisotopic (exact) mass is 441 g/mol. The molecule has 3 heterocycles. The molecule has 5 rings (SSSR count). The van der Waals surface area contributed by atoms with Gasteiger partial charge in [-0.1, -0.05) is 18.2 Å². The Morgan fingerprint density at radius 3 is 2.58 bits per heavy atom. The molecule has 3 aromatic rings. The Balaban J connectivity index is 1.24. The average Bonchev–Trinajstić information content (AvgIpc) is 3.44. The molecule has 7 heteroatoms. The van der Waals surface area contributed by atoms with E-state index in [2.05, 4.69) is 32.5 Å². The molecule has 0 spiro atoms. The number of aromatic amines is 1. The van der Waals surface area contributed by atoms with E-state index in [-0.39, 0.29) is 11.8 Å². The largest absolute Gasteiger partial charge is 0.362 e. The van der Waals surface area contributed by atoms with Gasteiger partial charge >= 0.3 is 0 Å². The topological polar surface area (TPSA) is 80.5 Å². The number of carbonyl (C=O) groups is 2. The fourth-order valence-electron chi connectivity index (χ4n) is 4.23. The van der Waals surface area contributed by atoms with Crippen molar-refractivity contribution in [1.82, 2.24) is 14.8 Å². The number of carbonyl (C=O) groups excluding carboxylic acids is 2. The van der Waals surface area contributed by atoms with Crippen molar-refractivity contribution < 1.29 is 9.59 Å². The van der Waals surface area contributed by atoms with Gasteiger partial charge in [0.1, 0.15) is 0 Å². The van der Waals surface area contributed by atoms with Gasteiger partial charge in [-0.25, -0.2) is 0 Å². The van der Waals surface area contributed by atoms with Crippen LogP contribution in [0, 0.1) is 0 Å². The lowest BCUT2D eigenvalue weighted by Gasteiger charge is -2.32. The molecule has 0 unspecified atom stereocenters. The third-order valence-electron chi connectivity index (χ3n) is 6.20. The number of H-pyrrole nitrogens is 1. The van der Waals surface area contributed by atoms with Crippen molar-refractivity contribution in [2.24, 2.45) is 0 Å². The molecular weight excluding hydrogens is 414 g/mol. The summed E-state index contributed by atoms with van der Waals surface area (Å²) in [7, 11) is 2.15. The Kier molecular flexibility index (Phi) is 5.81. The summed E-state index contributed by atoms with van der Waals surface area (Å²) in [6.45, 7) is 5.21. The van der Waals surface area contributed by atoms with Gasteiger partial charge in [0, 0.05) is 61.4 Å². The summed E-state index contributed by atoms with van der Waals surface area (Å²) in [5.41, 5.74) is 5.43. The molecule has 2 aliphatic heterocycles. The molecular formula is C26H27N5O2. The summed E-state index contributed by atoms with van der Waals surface area (Å²) in [6.07, 6.45) is 3.64. The van der Waals surface area contributed by atoms with Gasteiger partial charge < -0.3 is 20.5 Å². The van der Waals surface area contributed by atoms with Crippen LogP contribution in [-0.4, -0.2) is 59.8 Å². The van der Waals surface area contributed by atoms with Crippen LogP contribution in [0.2, 0.25) is 0 Å². The Bertz CT molecular complexity index is 1190. The van der Waals surface area contributed by atoms with E-state index < -0.39 is 0 Å². The number of rotatable bonds is 5. The standard InChI is InChI=1S/C26H27N5O2/c1-30-11-13-31(14-12-30)17-18-4-6-19(7-5-18)25(32)28-21-8-9-22-23(15-20-3-2-10-27-20)26(33)29-24(22)16-21/h2-10,15-16,27H,11-14,17H2,1H3,(H,28,32)(H,29,33)/b23-15-. The zero-order valence-corrected chi connectivity index (χ0v) is 18.6. The molecule has 1 fully saturated rings. The second kappa shape index (κ2) is 9.05. The van der Waals surface area contributed by atoms with Gasteiger partial charge in [0.05, 0.1) is 11.3 Å². The molecule has 0 bridgehead atoms. The van der Waals surface area contributed by atoms with E-state index in [9.17, 15) is 9.59 Å². The van der Waals surface area contributed by atoms with Gasteiger partial charge in [0.2, 0.25) is 0 Å². The Labute approximate surface area is 193 Å². The second-order valence-electron chi connectivity index (χ2n) is 8.63. The molecule has 2 aromatic carbocycles. The SMILES string of the molecule is CN1CCN(Cc2ccc(C(=O)Nc3ccc4c(c3)NC(=O)/C4=C\c3ccc[nH]3)cc2)CC1. The zero-order valence-electron chi connectivity index (χ0n) is 18.6. The average molecular weight is 442 g/mol. The van der Waals surface area contributed by atoms with Crippen molar-refractivity contribution in [2.75, 3.05) is 43.9 Å². The summed E-state index contributed by atoms with van der Waals surface area (Å²) in [5.74, 6) is -0.327. The van der Waals surface area contributed by atoms with Crippen molar-refractivity contribution in [3.63, 3.8) is 0 Å². The van der Waals surface area contributed by atoms with Crippen LogP contribution >= 0.6 is 0 Å². The number of nitrogens with zero attached hydrogens (tertiary/aromatic N) is 2. The third-order valence-corrected chi connectivity index (χ3v) is 6.20. The fraction of sp³-hybridized carbons (Fsp3) is 0.231. The van der Waals surface area contributed by atoms with Crippen LogP contribution in [-0.2, 0) is 11.3 Å². The predicted octanol–water partition coefficient (Wildman–Crippen LogP) is 3.51. The normalized spacial score (nSPS) is 17.7. The summed E-state index contributed by atoms with van der Waals surface area (Å²) in [4.78, 5) is 33.0. The number of aromatic nitrogens is 1. The maximum Gasteiger partial charge on any atom is 0.256 e. The van der Waals surface area contributed by atoms with Gasteiger partial charge in [-0.2, -0.15) is 0 Å². The van der Waals surface area contributed by atoms with Gasteiger partial charge in [0.15, 0.2) is 0 Å². The molecule has 0 atom stereocenters. The minimum atomic E-state index is -0.174. The summed E-state index contributed by atoms with van der Waals surface area (Å²) >= 11 is 0. The number of amides is 2. The van der Waals surface area contributed by atoms with Crippen molar-refractivity contribution >= 4 is 34.8 Å². The van der Waals surface area contributed by atoms with Crippen LogP contribution in [0.5, 0.6) is 0 Å². The molecule has 2 aliphatic rings. The first-order valence-electron chi connectivity index (χ1n) is 11.2. The minimum absolute atomic E-state index is 0.154. The van der Waals surface area contributed by atoms with Gasteiger partial charge in [-0.15, -0.1) is 0 Å². The van der Waals surface area contributed by atoms with E-state index in [0.29, 0.717) is 22.5 Å². The molecule has 1 aromatic heterocycles. The maximum absolute atomic E-state index is 12.8. The lowest BCUT2D eigenvalue weighted by molar-refractivity contribution is -0.110. The molecule has 33 heavy (non-hydrogen) atoms. The van der Waals surface area contributed by atoms with Crippen LogP contribution in [0.4, 0.5) is 11.4 Å². The molecule has 2 amide bonds. The van der Waals surface area contributed by atoms with Crippen LogP contribution in [0.3, 0.4) is 0 Å². The molecule has 0 aliphatic carbocycles. The van der Waals surface area contributed by atoms with E-state index in [1.165, 1.54) is 5.56 Å². The molecule has 7 nitrogen and oxygen atoms in total. The zero-order chi connectivity index (χ0) is 22.8. The number of hydrogen-bond acceptors (Lipinski definition) is 4. The van der Waals surface area contributed by atoms with Crippen molar-refractivity contribution in [3.05, 3.63) is 83.2 Å². The fourth-order valence-corrected chi connectivity index (χ4v) is 4.23. The van der Waals surface area contributed by atoms with Crippen LogP contribution in [0.15, 0.2) is 60.8 Å². The third kappa shape index (κ3) is 4.74. The number of piperazine rings is 1. The van der Waals surface area contributed by atoms with Crippen molar-refractivity contribution in [2.45, 2.75) is 6.54 Å². The Morgan fingerprint density at radius 1 is 1.06 bits per heavy atom. The highest BCUT2D eigenvalue weighted by atomic mass is 16.2. The smallest absolute Gasteiger partial charge is 0.256 e. The predicted molar refractivity (Wildman–Crippen MR) is 131 cm³/mol. The van der Waals surface area contributed by atoms with Crippen molar-refractivity contribution in [1.29, 1.82) is 0 Å². The molecule has 1 saturated heterocycles. The van der Waals surface area contributed by atoms with Crippen LogP contribution in [0.1, 0.15) is 27.2 Å². The van der Waals surface area contributed by atoms with Gasteiger partial charge in [0.25, 0.3) is 11.8 Å². The molecule has 3 N–H and O–H groups in total. The first-order chi connectivity index (χ1) is 16.0. The number of fused-ring (bicyclic) bond motifs is 1. The van der Waals surface area contributed by atoms with Gasteiger partial charge in [-0.3, -0.25) is 14.5 Å². The molecule has 168 valence electrons. The highest BCUT2D eigenvalue weighted by molar-refractivity contribution is 6.35. The molecule has 0 saturated carbocycles. The second-order valence-corrected chi connectivity index (χ2v) is 8.63. The quantitative estimate of drug-likeness (QED) is 0.530. The molecule has 0 radical (unpaired) electrons. The highest BCUT2D eigenvalue weighted by Crippen LogP contribution is 2.35. The van der Waals surface area contributed by atoms with E-state index in [4.69, 9.17) is 0 Å². The van der Waals surface area contributed by atoms with E-state index in [0.717, 1.165) is 44.0 Å². The minimum Gasteiger partial charge on any atom is -0.362 e. The lowest BCUT2D eigenvalue weighted by atomic mass is 10.1. The van der Waals surface area contributed by atoms with Gasteiger partial charge in [-0.05, 0) is 55.1 Å². The van der Waals surface area contributed by atoms with Crippen molar-refractivity contribution in [3.8, 4) is 0 Å². The highest BCUT2D eigenvalue weighted by Gasteiger charge is 2.24. The Hall–Kier alpha value is -3.68. The van der Waals surface area contributed by atoms with Crippen LogP contribution in [0.25, 0.3) is 11.6 Å². The Morgan fingerprint density at radius 2 is 1.85 bits per heavy atom. The number of benzene rings is 2. The number of hydrogen-bond donors (Lipinski definition) is 3. The first kappa shape index (κ1) is 21.2. The van der Waals surface area contributed by atoms with Crippen LogP contribution < -0.4 is 10.6 Å². The number of anilines is 2. The summed E-state index contributed by atoms with van der Waals surface area (Å²) in [6, 6.07) is 17.0. The number of likely N-dealkylation sites (N-methyl/N-ethyl adjacent to an activating group) is 1. The summed E-state index contributed by atoms with van der Waals surface area (Å²) < 4.78 is 0.